The summed E-state index contributed by atoms with van der Waals surface area (Å²) in [6.45, 7) is 0. The van der Waals surface area contributed by atoms with Crippen molar-refractivity contribution in [1.29, 1.82) is 0 Å². The summed E-state index contributed by atoms with van der Waals surface area (Å²) in [4.78, 5) is 5.25. The molecule has 1 aliphatic rings. The molecule has 2 aromatic heterocycles. The van der Waals surface area contributed by atoms with Crippen molar-refractivity contribution >= 4 is 27.2 Å². The van der Waals surface area contributed by atoms with Crippen molar-refractivity contribution in [2.24, 2.45) is 0 Å². The molecule has 0 aliphatic heterocycles. The minimum Gasteiger partial charge on any atom is -0.285 e. The fourth-order valence-corrected chi connectivity index (χ4v) is 5.62. The molecule has 0 atom stereocenters. The third kappa shape index (κ3) is 2.21. The summed E-state index contributed by atoms with van der Waals surface area (Å²) in [5.74, 6) is 0. The monoisotopic (exact) mass is 347 g/mol. The lowest BCUT2D eigenvalue weighted by atomic mass is 10.0. The first kappa shape index (κ1) is 14.8. The molecule has 1 N–H and O–H groups in total. The van der Waals surface area contributed by atoms with E-state index in [1.54, 1.807) is 24.3 Å². The zero-order valence-electron chi connectivity index (χ0n) is 12.7. The topological polar surface area (TPSA) is 67.2 Å². The molecule has 5 nitrogen and oxygen atoms in total. The zero-order chi connectivity index (χ0) is 16.0. The maximum absolute atomic E-state index is 13.1. The number of hydrogen-bond acceptors (Lipinski definition) is 4. The first-order valence-electron chi connectivity index (χ1n) is 7.59. The first-order valence-corrected chi connectivity index (χ1v) is 10.3. The maximum atomic E-state index is 13.1. The van der Waals surface area contributed by atoms with Crippen LogP contribution in [0, 0.1) is 0 Å². The van der Waals surface area contributed by atoms with Crippen molar-refractivity contribution in [1.82, 2.24) is 14.6 Å². The van der Waals surface area contributed by atoms with Gasteiger partial charge >= 0.3 is 0 Å². The Morgan fingerprint density at radius 3 is 2.65 bits per heavy atom. The number of benzene rings is 1. The van der Waals surface area contributed by atoms with Crippen LogP contribution in [0.4, 0.5) is 0 Å². The largest absolute Gasteiger partial charge is 0.285 e. The number of fused-ring (bicyclic) bond motifs is 3. The van der Waals surface area contributed by atoms with E-state index in [-0.39, 0.29) is 0 Å². The van der Waals surface area contributed by atoms with Crippen LogP contribution < -0.4 is 0 Å². The summed E-state index contributed by atoms with van der Waals surface area (Å²) in [6, 6.07) is 8.56. The number of aromatic nitrogens is 3. The molecule has 0 unspecified atom stereocenters. The van der Waals surface area contributed by atoms with E-state index in [2.05, 4.69) is 10.1 Å². The molecule has 0 saturated carbocycles. The summed E-state index contributed by atoms with van der Waals surface area (Å²) in [7, 11) is -3.60. The van der Waals surface area contributed by atoms with Crippen molar-refractivity contribution in [2.75, 3.05) is 6.26 Å². The molecule has 0 spiro atoms. The summed E-state index contributed by atoms with van der Waals surface area (Å²) in [5, 5.41) is 3.88. The fourth-order valence-electron chi connectivity index (χ4n) is 3.17. The van der Waals surface area contributed by atoms with E-state index >= 15 is 0 Å². The third-order valence-electron chi connectivity index (χ3n) is 4.28. The number of H-pyrrole nitrogens is 1. The SMILES string of the molecule is CSc1[nH]n2c3c(nc2c1S(=O)(=O)c1ccccc1)CCCC3. The lowest BCUT2D eigenvalue weighted by Gasteiger charge is -2.09. The van der Waals surface area contributed by atoms with Gasteiger partial charge in [-0.15, -0.1) is 11.8 Å². The molecule has 1 aliphatic carbocycles. The average molecular weight is 347 g/mol. The van der Waals surface area contributed by atoms with Crippen molar-refractivity contribution in [3.8, 4) is 0 Å². The standard InChI is InChI=1S/C16H17N3O2S2/c1-22-16-14(23(20,21)11-7-3-2-4-8-11)15-17-12-9-5-6-10-13(12)19(15)18-16/h2-4,7-8,18H,5-6,9-10H2,1H3. The molecule has 4 rings (SSSR count). The van der Waals surface area contributed by atoms with Gasteiger partial charge in [-0.1, -0.05) is 18.2 Å². The Morgan fingerprint density at radius 2 is 1.91 bits per heavy atom. The van der Waals surface area contributed by atoms with Gasteiger partial charge < -0.3 is 0 Å². The number of hydrogen-bond donors (Lipinski definition) is 1. The summed E-state index contributed by atoms with van der Waals surface area (Å²) >= 11 is 1.40. The highest BCUT2D eigenvalue weighted by atomic mass is 32.2. The normalized spacial score (nSPS) is 15.0. The molecule has 0 saturated heterocycles. The van der Waals surface area contributed by atoms with Gasteiger partial charge in [0.15, 0.2) is 5.65 Å². The number of nitrogens with one attached hydrogen (secondary N) is 1. The Balaban J connectivity index is 2.01. The number of aryl methyl sites for hydroxylation is 2. The van der Waals surface area contributed by atoms with E-state index in [4.69, 9.17) is 0 Å². The second-order valence-electron chi connectivity index (χ2n) is 5.66. The van der Waals surface area contributed by atoms with E-state index in [9.17, 15) is 8.42 Å². The molecular weight excluding hydrogens is 330 g/mol. The fraction of sp³-hybridized carbons (Fsp3) is 0.312. The molecule has 2 heterocycles. The Hall–Kier alpha value is -1.73. The second kappa shape index (κ2) is 5.42. The Kier molecular flexibility index (Phi) is 3.50. The van der Waals surface area contributed by atoms with Crippen LogP contribution in [0.2, 0.25) is 0 Å². The Bertz CT molecular complexity index is 972. The number of thioether (sulfide) groups is 1. The average Bonchev–Trinajstić information content (AvgIpc) is 3.11. The molecule has 0 radical (unpaired) electrons. The van der Waals surface area contributed by atoms with Crippen LogP contribution in [0.15, 0.2) is 45.1 Å². The van der Waals surface area contributed by atoms with Crippen LogP contribution in [0.1, 0.15) is 24.2 Å². The van der Waals surface area contributed by atoms with Crippen LogP contribution in [-0.4, -0.2) is 29.3 Å². The van der Waals surface area contributed by atoms with Crippen LogP contribution in [-0.2, 0) is 22.7 Å². The molecule has 0 amide bonds. The van der Waals surface area contributed by atoms with Gasteiger partial charge in [-0.05, 0) is 44.1 Å². The second-order valence-corrected chi connectivity index (χ2v) is 8.37. The van der Waals surface area contributed by atoms with E-state index in [0.717, 1.165) is 37.1 Å². The molecule has 3 aromatic rings. The summed E-state index contributed by atoms with van der Waals surface area (Å²) < 4.78 is 28.1. The van der Waals surface area contributed by atoms with Gasteiger partial charge in [0.05, 0.1) is 16.3 Å². The Morgan fingerprint density at radius 1 is 1.17 bits per heavy atom. The van der Waals surface area contributed by atoms with Crippen molar-refractivity contribution < 1.29 is 8.42 Å². The van der Waals surface area contributed by atoms with Crippen molar-refractivity contribution in [3.63, 3.8) is 0 Å². The third-order valence-corrected chi connectivity index (χ3v) is 6.93. The van der Waals surface area contributed by atoms with Gasteiger partial charge in [-0.3, -0.25) is 5.10 Å². The number of sulfone groups is 1. The van der Waals surface area contributed by atoms with E-state index in [0.29, 0.717) is 20.5 Å². The van der Waals surface area contributed by atoms with E-state index < -0.39 is 9.84 Å². The molecule has 120 valence electrons. The highest BCUT2D eigenvalue weighted by Gasteiger charge is 2.30. The van der Waals surface area contributed by atoms with Crippen LogP contribution in [0.5, 0.6) is 0 Å². The molecule has 0 fully saturated rings. The molecule has 1 aromatic carbocycles. The van der Waals surface area contributed by atoms with Crippen LogP contribution in [0.3, 0.4) is 0 Å². The predicted molar refractivity (Wildman–Crippen MR) is 89.9 cm³/mol. The van der Waals surface area contributed by atoms with Gasteiger partial charge in [0.2, 0.25) is 9.84 Å². The number of nitrogens with zero attached hydrogens (tertiary/aromatic N) is 2. The number of imidazole rings is 1. The lowest BCUT2D eigenvalue weighted by Crippen LogP contribution is -2.04. The van der Waals surface area contributed by atoms with Gasteiger partial charge in [0.25, 0.3) is 0 Å². The quantitative estimate of drug-likeness (QED) is 0.739. The highest BCUT2D eigenvalue weighted by Crippen LogP contribution is 2.34. The summed E-state index contributed by atoms with van der Waals surface area (Å²) in [6.07, 6.45) is 5.97. The first-order chi connectivity index (χ1) is 11.1. The minimum absolute atomic E-state index is 0.297. The van der Waals surface area contributed by atoms with Gasteiger partial charge in [-0.25, -0.2) is 17.9 Å². The maximum Gasteiger partial charge on any atom is 0.212 e. The smallest absolute Gasteiger partial charge is 0.212 e. The highest BCUT2D eigenvalue weighted by molar-refractivity contribution is 7.99. The Labute approximate surface area is 139 Å². The van der Waals surface area contributed by atoms with Gasteiger partial charge in [0, 0.05) is 0 Å². The van der Waals surface area contributed by atoms with Gasteiger partial charge in [0.1, 0.15) is 9.92 Å². The van der Waals surface area contributed by atoms with Crippen molar-refractivity contribution in [2.45, 2.75) is 40.5 Å². The van der Waals surface area contributed by atoms with Crippen LogP contribution in [0.25, 0.3) is 5.65 Å². The summed E-state index contributed by atoms with van der Waals surface area (Å²) in [5.41, 5.74) is 2.68. The number of rotatable bonds is 3. The van der Waals surface area contributed by atoms with E-state index in [1.165, 1.54) is 11.8 Å². The molecular formula is C16H17N3O2S2. The predicted octanol–water partition coefficient (Wildman–Crippen LogP) is 3.10. The van der Waals surface area contributed by atoms with Gasteiger partial charge in [-0.2, -0.15) is 0 Å². The lowest BCUT2D eigenvalue weighted by molar-refractivity contribution is 0.594. The van der Waals surface area contributed by atoms with Crippen LogP contribution >= 0.6 is 11.8 Å². The minimum atomic E-state index is -3.60. The number of aromatic amines is 1. The zero-order valence-corrected chi connectivity index (χ0v) is 14.4. The molecule has 7 heteroatoms. The van der Waals surface area contributed by atoms with Crippen molar-refractivity contribution in [3.05, 3.63) is 41.7 Å². The van der Waals surface area contributed by atoms with E-state index in [1.807, 2.05) is 16.8 Å². The molecule has 23 heavy (non-hydrogen) atoms. The molecule has 0 bridgehead atoms.